The molecule has 1 atom stereocenters. The molecule has 0 amide bonds. The summed E-state index contributed by atoms with van der Waals surface area (Å²) in [5.74, 6) is 1.02. The van der Waals surface area contributed by atoms with E-state index in [1.165, 1.54) is 0 Å². The third-order valence-electron chi connectivity index (χ3n) is 5.52. The first kappa shape index (κ1) is 21.9. The van der Waals surface area contributed by atoms with Gasteiger partial charge in [-0.05, 0) is 31.5 Å². The van der Waals surface area contributed by atoms with Gasteiger partial charge in [-0.1, -0.05) is 35.5 Å². The normalized spacial score (nSPS) is 12.8. The molecule has 0 aliphatic carbocycles. The fourth-order valence-electron chi connectivity index (χ4n) is 4.08. The Hall–Kier alpha value is -3.30. The van der Waals surface area contributed by atoms with E-state index < -0.39 is 10.0 Å². The van der Waals surface area contributed by atoms with Crippen LogP contribution < -0.4 is 14.2 Å². The summed E-state index contributed by atoms with van der Waals surface area (Å²) in [4.78, 5) is 3.34. The van der Waals surface area contributed by atoms with Gasteiger partial charge in [-0.2, -0.15) is 0 Å². The van der Waals surface area contributed by atoms with Crippen LogP contribution in [0.3, 0.4) is 0 Å². The second kappa shape index (κ2) is 8.68. The number of aryl methyl sites for hydroxylation is 2. The molecule has 2 heterocycles. The summed E-state index contributed by atoms with van der Waals surface area (Å²) in [6.45, 7) is 3.28. The highest BCUT2D eigenvalue weighted by Gasteiger charge is 2.28. The highest BCUT2D eigenvalue weighted by Crippen LogP contribution is 2.40. The Morgan fingerprint density at radius 1 is 1.06 bits per heavy atom. The van der Waals surface area contributed by atoms with Crippen LogP contribution in [0.1, 0.15) is 28.5 Å². The molecule has 2 N–H and O–H groups in total. The lowest BCUT2D eigenvalue weighted by Gasteiger charge is -2.22. The monoisotopic (exact) mass is 455 g/mol. The molecular weight excluding hydrogens is 430 g/mol. The van der Waals surface area contributed by atoms with Crippen LogP contribution in [0.4, 0.5) is 0 Å². The minimum absolute atomic E-state index is 0.0628. The Bertz CT molecular complexity index is 1340. The second-order valence-corrected chi connectivity index (χ2v) is 9.13. The molecule has 0 aliphatic rings. The van der Waals surface area contributed by atoms with E-state index in [2.05, 4.69) is 14.9 Å². The average molecular weight is 456 g/mol. The van der Waals surface area contributed by atoms with Crippen molar-refractivity contribution in [3.63, 3.8) is 0 Å². The van der Waals surface area contributed by atoms with Gasteiger partial charge in [0.15, 0.2) is 17.3 Å². The molecule has 32 heavy (non-hydrogen) atoms. The van der Waals surface area contributed by atoms with Crippen LogP contribution in [-0.2, 0) is 10.0 Å². The van der Waals surface area contributed by atoms with E-state index in [0.29, 0.717) is 17.2 Å². The Kier molecular flexibility index (Phi) is 5.94. The minimum atomic E-state index is -3.85. The van der Waals surface area contributed by atoms with Crippen molar-refractivity contribution in [3.05, 3.63) is 71.2 Å². The number of sulfonamides is 1. The number of methoxy groups -OCH3 is 2. The summed E-state index contributed by atoms with van der Waals surface area (Å²) in [5.41, 5.74) is 3.02. The fraction of sp³-hybridized carbons (Fsp3) is 0.261. The van der Waals surface area contributed by atoms with Gasteiger partial charge in [-0.15, -0.1) is 0 Å². The van der Waals surface area contributed by atoms with Crippen molar-refractivity contribution in [2.45, 2.75) is 24.7 Å². The summed E-state index contributed by atoms with van der Waals surface area (Å²) in [6.07, 6.45) is 1.90. The fourth-order valence-corrected chi connectivity index (χ4v) is 5.45. The first-order valence-corrected chi connectivity index (χ1v) is 11.5. The SMILES string of the molecule is COc1cccc([C@@H](CNS(=O)(=O)c2c(C)noc2C)c2c[nH]c3ccccc23)c1OC. The maximum atomic E-state index is 13.1. The minimum Gasteiger partial charge on any atom is -0.493 e. The lowest BCUT2D eigenvalue weighted by molar-refractivity contribution is 0.350. The lowest BCUT2D eigenvalue weighted by Crippen LogP contribution is -2.30. The van der Waals surface area contributed by atoms with E-state index in [1.807, 2.05) is 48.7 Å². The van der Waals surface area contributed by atoms with Crippen molar-refractivity contribution >= 4 is 20.9 Å². The third kappa shape index (κ3) is 3.85. The van der Waals surface area contributed by atoms with Gasteiger partial charge in [-0.3, -0.25) is 0 Å². The summed E-state index contributed by atoms with van der Waals surface area (Å²) in [5, 5.41) is 4.77. The predicted octanol–water partition coefficient (Wildman–Crippen LogP) is 3.90. The zero-order chi connectivity index (χ0) is 22.9. The van der Waals surface area contributed by atoms with E-state index in [1.54, 1.807) is 28.1 Å². The van der Waals surface area contributed by atoms with Gasteiger partial charge in [0, 0.05) is 35.1 Å². The van der Waals surface area contributed by atoms with Crippen LogP contribution >= 0.6 is 0 Å². The van der Waals surface area contributed by atoms with Crippen molar-refractivity contribution in [1.29, 1.82) is 0 Å². The number of nitrogens with zero attached hydrogens (tertiary/aromatic N) is 1. The number of H-pyrrole nitrogens is 1. The van der Waals surface area contributed by atoms with Crippen molar-refractivity contribution in [2.75, 3.05) is 20.8 Å². The highest BCUT2D eigenvalue weighted by atomic mass is 32.2. The number of aromatic amines is 1. The summed E-state index contributed by atoms with van der Waals surface area (Å²) < 4.78 is 45.2. The zero-order valence-corrected chi connectivity index (χ0v) is 19.1. The van der Waals surface area contributed by atoms with E-state index >= 15 is 0 Å². The number of aromatic nitrogens is 2. The van der Waals surface area contributed by atoms with Gasteiger partial charge in [0.05, 0.1) is 14.2 Å². The van der Waals surface area contributed by atoms with Gasteiger partial charge in [0.25, 0.3) is 0 Å². The Morgan fingerprint density at radius 3 is 2.53 bits per heavy atom. The number of benzene rings is 2. The number of nitrogens with one attached hydrogen (secondary N) is 2. The molecular formula is C23H25N3O5S. The van der Waals surface area contributed by atoms with Crippen LogP contribution in [0.15, 0.2) is 58.1 Å². The molecule has 0 saturated heterocycles. The second-order valence-electron chi connectivity index (χ2n) is 7.43. The molecule has 0 saturated carbocycles. The van der Waals surface area contributed by atoms with Gasteiger partial charge in [-0.25, -0.2) is 13.1 Å². The van der Waals surface area contributed by atoms with Crippen LogP contribution in [0, 0.1) is 13.8 Å². The van der Waals surface area contributed by atoms with Gasteiger partial charge in [0.2, 0.25) is 10.0 Å². The lowest BCUT2D eigenvalue weighted by atomic mass is 9.90. The molecule has 4 aromatic rings. The Morgan fingerprint density at radius 2 is 1.84 bits per heavy atom. The van der Waals surface area contributed by atoms with Crippen molar-refractivity contribution in [3.8, 4) is 11.5 Å². The quantitative estimate of drug-likeness (QED) is 0.417. The van der Waals surface area contributed by atoms with E-state index in [4.69, 9.17) is 14.0 Å². The molecule has 0 aliphatic heterocycles. The average Bonchev–Trinajstić information content (AvgIpc) is 3.36. The maximum Gasteiger partial charge on any atom is 0.245 e. The van der Waals surface area contributed by atoms with Crippen LogP contribution in [0.5, 0.6) is 11.5 Å². The molecule has 0 bridgehead atoms. The number of para-hydroxylation sites is 2. The third-order valence-corrected chi connectivity index (χ3v) is 7.19. The molecule has 0 radical (unpaired) electrons. The van der Waals surface area contributed by atoms with Gasteiger partial charge in [0.1, 0.15) is 10.6 Å². The summed E-state index contributed by atoms with van der Waals surface area (Å²) in [6, 6.07) is 13.5. The first-order chi connectivity index (χ1) is 15.4. The topological polar surface area (TPSA) is 106 Å². The summed E-state index contributed by atoms with van der Waals surface area (Å²) >= 11 is 0. The van der Waals surface area contributed by atoms with Gasteiger partial charge >= 0.3 is 0 Å². The van der Waals surface area contributed by atoms with Gasteiger partial charge < -0.3 is 19.0 Å². The molecule has 2 aromatic carbocycles. The highest BCUT2D eigenvalue weighted by molar-refractivity contribution is 7.89. The molecule has 2 aromatic heterocycles. The van der Waals surface area contributed by atoms with E-state index in [9.17, 15) is 8.42 Å². The molecule has 168 valence electrons. The number of rotatable bonds is 8. The first-order valence-electron chi connectivity index (χ1n) is 10.1. The number of fused-ring (bicyclic) bond motifs is 1. The number of hydrogen-bond acceptors (Lipinski definition) is 6. The molecule has 4 rings (SSSR count). The zero-order valence-electron chi connectivity index (χ0n) is 18.3. The van der Waals surface area contributed by atoms with Crippen LogP contribution in [0.25, 0.3) is 10.9 Å². The molecule has 0 fully saturated rings. The number of hydrogen-bond donors (Lipinski definition) is 2. The molecule has 0 spiro atoms. The molecule has 0 unspecified atom stereocenters. The van der Waals surface area contributed by atoms with E-state index in [0.717, 1.165) is 22.0 Å². The molecule has 9 heteroatoms. The van der Waals surface area contributed by atoms with Crippen molar-refractivity contribution in [1.82, 2.24) is 14.9 Å². The van der Waals surface area contributed by atoms with E-state index in [-0.39, 0.29) is 23.1 Å². The maximum absolute atomic E-state index is 13.1. The standard InChI is InChI=1S/C23H25N3O5S/c1-14-23(15(2)31-26-14)32(27,28)25-13-19(17-9-7-11-21(29-3)22(17)30-4)18-12-24-20-10-6-5-8-16(18)20/h5-12,19,24-25H,13H2,1-4H3/t19-/m1/s1. The number of ether oxygens (including phenoxy) is 2. The largest absolute Gasteiger partial charge is 0.493 e. The van der Waals surface area contributed by atoms with Crippen LogP contribution in [-0.4, -0.2) is 39.3 Å². The van der Waals surface area contributed by atoms with Crippen molar-refractivity contribution in [2.24, 2.45) is 0 Å². The molecule has 8 nitrogen and oxygen atoms in total. The van der Waals surface area contributed by atoms with Crippen molar-refractivity contribution < 1.29 is 22.4 Å². The summed E-state index contributed by atoms with van der Waals surface area (Å²) in [7, 11) is -0.706. The Labute approximate surface area is 186 Å². The predicted molar refractivity (Wildman–Crippen MR) is 121 cm³/mol. The van der Waals surface area contributed by atoms with Crippen LogP contribution in [0.2, 0.25) is 0 Å². The Balaban J connectivity index is 1.81. The smallest absolute Gasteiger partial charge is 0.245 e.